The molecule has 0 saturated carbocycles. The van der Waals surface area contributed by atoms with E-state index < -0.39 is 0 Å². The molecule has 0 saturated heterocycles. The maximum Gasteiger partial charge on any atom is 0.231 e. The number of benzene rings is 2. The van der Waals surface area contributed by atoms with Crippen LogP contribution in [0.15, 0.2) is 60.8 Å². The fourth-order valence-electron chi connectivity index (χ4n) is 2.94. The van der Waals surface area contributed by atoms with Crippen LogP contribution in [0.2, 0.25) is 0 Å². The van der Waals surface area contributed by atoms with Crippen molar-refractivity contribution < 1.29 is 9.53 Å². The molecule has 0 radical (unpaired) electrons. The smallest absolute Gasteiger partial charge is 0.231 e. The van der Waals surface area contributed by atoms with Gasteiger partial charge < -0.3 is 10.1 Å². The number of rotatable bonds is 2. The third kappa shape index (κ3) is 2.63. The molecule has 1 N–H and O–H groups in total. The zero-order valence-electron chi connectivity index (χ0n) is 12.5. The van der Waals surface area contributed by atoms with E-state index >= 15 is 0 Å². The van der Waals surface area contributed by atoms with Crippen LogP contribution in [0.1, 0.15) is 5.56 Å². The minimum Gasteiger partial charge on any atom is -0.492 e. The van der Waals surface area contributed by atoms with Gasteiger partial charge in [0.15, 0.2) is 0 Å². The van der Waals surface area contributed by atoms with E-state index in [1.807, 2.05) is 54.6 Å². The van der Waals surface area contributed by atoms with Gasteiger partial charge in [0.25, 0.3) is 0 Å². The third-order valence-electron chi connectivity index (χ3n) is 4.14. The second-order valence-corrected chi connectivity index (χ2v) is 5.69. The third-order valence-corrected chi connectivity index (χ3v) is 4.14. The van der Waals surface area contributed by atoms with Crippen LogP contribution in [0, 0.1) is 5.92 Å². The number of para-hydroxylation sites is 2. The fourth-order valence-corrected chi connectivity index (χ4v) is 2.94. The highest BCUT2D eigenvalue weighted by atomic mass is 16.5. The molecule has 4 heteroatoms. The van der Waals surface area contributed by atoms with Gasteiger partial charge in [-0.25, -0.2) is 0 Å². The van der Waals surface area contributed by atoms with Gasteiger partial charge in [-0.3, -0.25) is 9.78 Å². The number of ether oxygens (including phenoxy) is 1. The maximum atomic E-state index is 12.6. The Morgan fingerprint density at radius 1 is 1.09 bits per heavy atom. The van der Waals surface area contributed by atoms with Crippen LogP contribution in [0.5, 0.6) is 5.75 Å². The first-order valence-electron chi connectivity index (χ1n) is 7.66. The molecule has 0 aliphatic carbocycles. The summed E-state index contributed by atoms with van der Waals surface area (Å²) < 4.78 is 5.71. The molecule has 4 nitrogen and oxygen atoms in total. The molecular formula is C19H16N2O2. The molecule has 2 heterocycles. The van der Waals surface area contributed by atoms with Gasteiger partial charge in [0.05, 0.1) is 17.1 Å². The summed E-state index contributed by atoms with van der Waals surface area (Å²) >= 11 is 0. The Morgan fingerprint density at radius 2 is 1.96 bits per heavy atom. The highest BCUT2D eigenvalue weighted by molar-refractivity contribution is 6.01. The monoisotopic (exact) mass is 304 g/mol. The predicted molar refractivity (Wildman–Crippen MR) is 89.5 cm³/mol. The van der Waals surface area contributed by atoms with E-state index in [1.54, 1.807) is 6.20 Å². The summed E-state index contributed by atoms with van der Waals surface area (Å²) in [4.78, 5) is 17.0. The average molecular weight is 304 g/mol. The quantitative estimate of drug-likeness (QED) is 0.789. The second-order valence-electron chi connectivity index (χ2n) is 5.69. The van der Waals surface area contributed by atoms with Crippen molar-refractivity contribution in [1.82, 2.24) is 4.98 Å². The largest absolute Gasteiger partial charge is 0.492 e. The predicted octanol–water partition coefficient (Wildman–Crippen LogP) is 3.42. The molecule has 1 atom stereocenters. The Kier molecular flexibility index (Phi) is 3.42. The van der Waals surface area contributed by atoms with E-state index in [9.17, 15) is 4.79 Å². The van der Waals surface area contributed by atoms with Crippen LogP contribution in [0.3, 0.4) is 0 Å². The van der Waals surface area contributed by atoms with Gasteiger partial charge in [-0.05, 0) is 30.2 Å². The van der Waals surface area contributed by atoms with Crippen LogP contribution in [-0.4, -0.2) is 17.5 Å². The molecule has 3 aromatic rings. The molecule has 1 aromatic heterocycles. The van der Waals surface area contributed by atoms with E-state index in [0.717, 1.165) is 27.9 Å². The molecule has 23 heavy (non-hydrogen) atoms. The molecule has 0 fully saturated rings. The Labute approximate surface area is 134 Å². The summed E-state index contributed by atoms with van der Waals surface area (Å²) in [5.41, 5.74) is 2.63. The van der Waals surface area contributed by atoms with Gasteiger partial charge in [0, 0.05) is 11.6 Å². The van der Waals surface area contributed by atoms with Gasteiger partial charge in [0.1, 0.15) is 12.4 Å². The van der Waals surface area contributed by atoms with Crippen molar-refractivity contribution in [3.05, 3.63) is 66.4 Å². The highest BCUT2D eigenvalue weighted by Crippen LogP contribution is 2.28. The fraction of sp³-hybridized carbons (Fsp3) is 0.158. The van der Waals surface area contributed by atoms with E-state index in [4.69, 9.17) is 4.74 Å². The molecule has 4 rings (SSSR count). The van der Waals surface area contributed by atoms with Gasteiger partial charge >= 0.3 is 0 Å². The Morgan fingerprint density at radius 3 is 2.91 bits per heavy atom. The number of carbonyl (C=O) groups excluding carboxylic acids is 1. The summed E-state index contributed by atoms with van der Waals surface area (Å²) in [6.07, 6.45) is 2.43. The molecule has 1 aliphatic heterocycles. The van der Waals surface area contributed by atoms with Gasteiger partial charge in [-0.15, -0.1) is 0 Å². The molecule has 2 aromatic carbocycles. The number of fused-ring (bicyclic) bond motifs is 2. The van der Waals surface area contributed by atoms with Crippen molar-refractivity contribution >= 4 is 22.5 Å². The van der Waals surface area contributed by atoms with Gasteiger partial charge in [-0.2, -0.15) is 0 Å². The number of nitrogens with zero attached hydrogens (tertiary/aromatic N) is 1. The first-order valence-corrected chi connectivity index (χ1v) is 7.66. The highest BCUT2D eigenvalue weighted by Gasteiger charge is 2.26. The first-order chi connectivity index (χ1) is 11.3. The Balaban J connectivity index is 1.56. The van der Waals surface area contributed by atoms with Crippen molar-refractivity contribution in [3.63, 3.8) is 0 Å². The summed E-state index contributed by atoms with van der Waals surface area (Å²) in [5.74, 6) is 0.657. The molecular weight excluding hydrogens is 288 g/mol. The minimum atomic E-state index is -0.191. The Bertz CT molecular complexity index is 871. The van der Waals surface area contributed by atoms with Gasteiger partial charge in [-0.1, -0.05) is 36.4 Å². The van der Waals surface area contributed by atoms with E-state index in [-0.39, 0.29) is 11.8 Å². The number of pyridine rings is 1. The van der Waals surface area contributed by atoms with Crippen molar-refractivity contribution in [1.29, 1.82) is 0 Å². The molecule has 1 unspecified atom stereocenters. The number of hydrogen-bond acceptors (Lipinski definition) is 3. The lowest BCUT2D eigenvalue weighted by Crippen LogP contribution is -2.32. The van der Waals surface area contributed by atoms with Crippen LogP contribution in [0.25, 0.3) is 10.9 Å². The van der Waals surface area contributed by atoms with E-state index in [1.165, 1.54) is 0 Å². The SMILES string of the molecule is O=C(Nc1cccc2cccnc12)C1COc2ccccc2C1. The standard InChI is InChI=1S/C19H16N2O2/c22-19(15-11-14-5-1-2-9-17(14)23-12-15)21-16-8-3-6-13-7-4-10-20-18(13)16/h1-10,15H,11-12H2,(H,21,22). The first kappa shape index (κ1) is 13.8. The molecule has 0 bridgehead atoms. The number of anilines is 1. The van der Waals surface area contributed by atoms with Crippen LogP contribution < -0.4 is 10.1 Å². The maximum absolute atomic E-state index is 12.6. The minimum absolute atomic E-state index is 0.0299. The molecule has 1 amide bonds. The number of aromatic nitrogens is 1. The molecule has 114 valence electrons. The van der Waals surface area contributed by atoms with Gasteiger partial charge in [0.2, 0.25) is 5.91 Å². The lowest BCUT2D eigenvalue weighted by atomic mass is 9.96. The average Bonchev–Trinajstić information content (AvgIpc) is 2.61. The number of nitrogens with one attached hydrogen (secondary N) is 1. The van der Waals surface area contributed by atoms with Crippen molar-refractivity contribution in [2.45, 2.75) is 6.42 Å². The van der Waals surface area contributed by atoms with Crippen LogP contribution in [-0.2, 0) is 11.2 Å². The normalized spacial score (nSPS) is 16.4. The van der Waals surface area contributed by atoms with Crippen molar-refractivity contribution in [2.24, 2.45) is 5.92 Å². The topological polar surface area (TPSA) is 51.2 Å². The van der Waals surface area contributed by atoms with E-state index in [2.05, 4.69) is 10.3 Å². The molecule has 1 aliphatic rings. The van der Waals surface area contributed by atoms with E-state index in [0.29, 0.717) is 13.0 Å². The zero-order valence-corrected chi connectivity index (χ0v) is 12.5. The van der Waals surface area contributed by atoms with Crippen LogP contribution >= 0.6 is 0 Å². The zero-order chi connectivity index (χ0) is 15.6. The second kappa shape index (κ2) is 5.72. The number of amides is 1. The van der Waals surface area contributed by atoms with Crippen molar-refractivity contribution in [2.75, 3.05) is 11.9 Å². The summed E-state index contributed by atoms with van der Waals surface area (Å²) in [6, 6.07) is 17.5. The summed E-state index contributed by atoms with van der Waals surface area (Å²) in [6.45, 7) is 0.404. The number of carbonyl (C=O) groups is 1. The lowest BCUT2D eigenvalue weighted by molar-refractivity contribution is -0.121. The Hall–Kier alpha value is -2.88. The lowest BCUT2D eigenvalue weighted by Gasteiger charge is -2.24. The van der Waals surface area contributed by atoms with Crippen molar-refractivity contribution in [3.8, 4) is 5.75 Å². The summed E-state index contributed by atoms with van der Waals surface area (Å²) in [5, 5.41) is 4.01. The number of hydrogen-bond donors (Lipinski definition) is 1. The summed E-state index contributed by atoms with van der Waals surface area (Å²) in [7, 11) is 0. The molecule has 0 spiro atoms. The van der Waals surface area contributed by atoms with Crippen LogP contribution in [0.4, 0.5) is 5.69 Å².